The van der Waals surface area contributed by atoms with E-state index in [9.17, 15) is 4.79 Å². The third-order valence-electron chi connectivity index (χ3n) is 1.22. The van der Waals surface area contributed by atoms with Crippen molar-refractivity contribution in [2.75, 3.05) is 19.3 Å². The van der Waals surface area contributed by atoms with Gasteiger partial charge in [0.2, 0.25) is 5.91 Å². The van der Waals surface area contributed by atoms with Crippen LogP contribution in [0.2, 0.25) is 0 Å². The second-order valence-electron chi connectivity index (χ2n) is 2.21. The fourth-order valence-corrected chi connectivity index (χ4v) is 1.18. The molecule has 0 bridgehead atoms. The van der Waals surface area contributed by atoms with Crippen molar-refractivity contribution >= 4 is 17.9 Å². The molecule has 0 aliphatic carbocycles. The predicted octanol–water partition coefficient (Wildman–Crippen LogP) is 0.770. The van der Waals surface area contributed by atoms with Crippen molar-refractivity contribution in [3.8, 4) is 0 Å². The molecule has 0 fully saturated rings. The lowest BCUT2D eigenvalue weighted by atomic mass is 10.3. The highest BCUT2D eigenvalue weighted by Crippen LogP contribution is 1.93. The third-order valence-corrected chi connectivity index (χ3v) is 2.03. The van der Waals surface area contributed by atoms with Crippen LogP contribution in [-0.2, 0) is 4.79 Å². The summed E-state index contributed by atoms with van der Waals surface area (Å²) in [4.78, 5) is 10.7. The molecule has 0 saturated carbocycles. The van der Waals surface area contributed by atoms with E-state index in [0.29, 0.717) is 5.75 Å². The van der Waals surface area contributed by atoms with Crippen molar-refractivity contribution in [3.05, 3.63) is 0 Å². The molecule has 2 N–H and O–H groups in total. The Kier molecular flexibility index (Phi) is 7.72. The van der Waals surface area contributed by atoms with Gasteiger partial charge in [-0.05, 0) is 6.42 Å². The molecule has 0 spiro atoms. The van der Waals surface area contributed by atoms with Crippen LogP contribution in [0.15, 0.2) is 0 Å². The number of nitrogens with one attached hydrogen (secondary N) is 2. The standard InChI is InChI=1S/C7H16N2OS/c1-3-4-5-9-11-6-7(10)8-2/h9H,3-6H2,1-2H3,(H,8,10). The van der Waals surface area contributed by atoms with Gasteiger partial charge in [-0.25, -0.2) is 0 Å². The quantitative estimate of drug-likeness (QED) is 0.464. The van der Waals surface area contributed by atoms with Gasteiger partial charge in [0.05, 0.1) is 5.75 Å². The van der Waals surface area contributed by atoms with E-state index in [0.717, 1.165) is 6.54 Å². The average Bonchev–Trinajstić information content (AvgIpc) is 2.04. The van der Waals surface area contributed by atoms with E-state index in [1.807, 2.05) is 0 Å². The van der Waals surface area contributed by atoms with E-state index < -0.39 is 0 Å². The topological polar surface area (TPSA) is 41.1 Å². The minimum Gasteiger partial charge on any atom is -0.358 e. The minimum atomic E-state index is 0.0685. The molecule has 0 atom stereocenters. The molecule has 11 heavy (non-hydrogen) atoms. The van der Waals surface area contributed by atoms with E-state index in [2.05, 4.69) is 17.0 Å². The van der Waals surface area contributed by atoms with Crippen LogP contribution in [0.4, 0.5) is 0 Å². The molecular formula is C7H16N2OS. The van der Waals surface area contributed by atoms with Crippen molar-refractivity contribution in [1.29, 1.82) is 0 Å². The molecule has 66 valence electrons. The maximum Gasteiger partial charge on any atom is 0.231 e. The number of carbonyl (C=O) groups is 1. The molecular weight excluding hydrogens is 160 g/mol. The molecule has 0 aliphatic heterocycles. The zero-order chi connectivity index (χ0) is 8.53. The summed E-state index contributed by atoms with van der Waals surface area (Å²) in [6.07, 6.45) is 2.36. The number of amides is 1. The molecule has 1 amide bonds. The Hall–Kier alpha value is -0.220. The van der Waals surface area contributed by atoms with Crippen LogP contribution >= 0.6 is 11.9 Å². The summed E-state index contributed by atoms with van der Waals surface area (Å²) in [5.74, 6) is 0.569. The van der Waals surface area contributed by atoms with Crippen LogP contribution in [0, 0.1) is 0 Å². The molecule has 0 aromatic heterocycles. The molecule has 0 aliphatic rings. The average molecular weight is 176 g/mol. The minimum absolute atomic E-state index is 0.0685. The van der Waals surface area contributed by atoms with E-state index in [4.69, 9.17) is 0 Å². The first-order chi connectivity index (χ1) is 5.31. The molecule has 4 heteroatoms. The van der Waals surface area contributed by atoms with E-state index in [1.165, 1.54) is 24.8 Å². The first-order valence-corrected chi connectivity index (χ1v) is 4.85. The summed E-state index contributed by atoms with van der Waals surface area (Å²) in [5.41, 5.74) is 0. The number of rotatable bonds is 6. The molecule has 0 radical (unpaired) electrons. The van der Waals surface area contributed by atoms with Crippen molar-refractivity contribution in [2.45, 2.75) is 19.8 Å². The number of unbranched alkanes of at least 4 members (excludes halogenated alkanes) is 1. The SMILES string of the molecule is CCCCNSCC(=O)NC. The van der Waals surface area contributed by atoms with Gasteiger partial charge < -0.3 is 5.32 Å². The molecule has 0 rings (SSSR count). The van der Waals surface area contributed by atoms with E-state index in [-0.39, 0.29) is 5.91 Å². The van der Waals surface area contributed by atoms with Crippen molar-refractivity contribution in [2.24, 2.45) is 0 Å². The first-order valence-electron chi connectivity index (χ1n) is 3.86. The Bertz CT molecular complexity index is 109. The van der Waals surface area contributed by atoms with Crippen molar-refractivity contribution in [3.63, 3.8) is 0 Å². The van der Waals surface area contributed by atoms with Gasteiger partial charge in [0, 0.05) is 13.6 Å². The van der Waals surface area contributed by atoms with Crippen molar-refractivity contribution in [1.82, 2.24) is 10.0 Å². The highest BCUT2D eigenvalue weighted by atomic mass is 32.2. The first kappa shape index (κ1) is 10.8. The van der Waals surface area contributed by atoms with Crippen LogP contribution in [0.1, 0.15) is 19.8 Å². The molecule has 0 aromatic rings. The molecule has 3 nitrogen and oxygen atoms in total. The number of hydrogen-bond acceptors (Lipinski definition) is 3. The molecule has 0 saturated heterocycles. The Morgan fingerprint density at radius 1 is 1.55 bits per heavy atom. The fourth-order valence-electron chi connectivity index (χ4n) is 0.510. The number of carbonyl (C=O) groups excluding carboxylic acids is 1. The van der Waals surface area contributed by atoms with Crippen LogP contribution in [0.5, 0.6) is 0 Å². The maximum atomic E-state index is 10.7. The van der Waals surface area contributed by atoms with Crippen LogP contribution in [0.25, 0.3) is 0 Å². The summed E-state index contributed by atoms with van der Waals surface area (Å²) in [5, 5.41) is 2.56. The fraction of sp³-hybridized carbons (Fsp3) is 0.857. The highest BCUT2D eigenvalue weighted by Gasteiger charge is 1.95. The lowest BCUT2D eigenvalue weighted by Crippen LogP contribution is -2.22. The molecule has 0 heterocycles. The normalized spacial score (nSPS) is 9.64. The van der Waals surface area contributed by atoms with Crippen LogP contribution in [0.3, 0.4) is 0 Å². The van der Waals surface area contributed by atoms with Gasteiger partial charge in [0.1, 0.15) is 0 Å². The number of hydrogen-bond donors (Lipinski definition) is 2. The summed E-state index contributed by atoms with van der Waals surface area (Å²) in [6.45, 7) is 3.13. The smallest absolute Gasteiger partial charge is 0.231 e. The summed E-state index contributed by atoms with van der Waals surface area (Å²) < 4.78 is 3.11. The van der Waals surface area contributed by atoms with E-state index in [1.54, 1.807) is 7.05 Å². The highest BCUT2D eigenvalue weighted by molar-refractivity contribution is 7.98. The summed E-state index contributed by atoms with van der Waals surface area (Å²) in [7, 11) is 1.65. The Labute approximate surface area is 72.4 Å². The monoisotopic (exact) mass is 176 g/mol. The van der Waals surface area contributed by atoms with Gasteiger partial charge in [-0.1, -0.05) is 25.3 Å². The lowest BCUT2D eigenvalue weighted by molar-refractivity contribution is -0.118. The maximum absolute atomic E-state index is 10.7. The van der Waals surface area contributed by atoms with Crippen molar-refractivity contribution < 1.29 is 4.79 Å². The summed E-state index contributed by atoms with van der Waals surface area (Å²) in [6, 6.07) is 0. The van der Waals surface area contributed by atoms with Gasteiger partial charge in [0.15, 0.2) is 0 Å². The second kappa shape index (κ2) is 7.88. The molecule has 0 unspecified atom stereocenters. The Morgan fingerprint density at radius 2 is 2.27 bits per heavy atom. The largest absolute Gasteiger partial charge is 0.358 e. The Balaban J connectivity index is 2.95. The zero-order valence-electron chi connectivity index (χ0n) is 7.14. The zero-order valence-corrected chi connectivity index (χ0v) is 7.96. The van der Waals surface area contributed by atoms with Gasteiger partial charge in [-0.2, -0.15) is 0 Å². The van der Waals surface area contributed by atoms with Gasteiger partial charge in [0.25, 0.3) is 0 Å². The molecule has 0 aromatic carbocycles. The van der Waals surface area contributed by atoms with Crippen LogP contribution < -0.4 is 10.0 Å². The Morgan fingerprint density at radius 3 is 2.82 bits per heavy atom. The van der Waals surface area contributed by atoms with E-state index >= 15 is 0 Å². The van der Waals surface area contributed by atoms with Gasteiger partial charge >= 0.3 is 0 Å². The third kappa shape index (κ3) is 7.68. The second-order valence-corrected chi connectivity index (χ2v) is 3.08. The van der Waals surface area contributed by atoms with Gasteiger partial charge in [-0.3, -0.25) is 9.52 Å². The van der Waals surface area contributed by atoms with Gasteiger partial charge in [-0.15, -0.1) is 0 Å². The predicted molar refractivity (Wildman–Crippen MR) is 49.4 cm³/mol. The summed E-state index contributed by atoms with van der Waals surface area (Å²) >= 11 is 1.46. The lowest BCUT2D eigenvalue weighted by Gasteiger charge is -2.01. The van der Waals surface area contributed by atoms with Crippen LogP contribution in [-0.4, -0.2) is 25.3 Å².